The number of nitrogens with one attached hydrogen (secondary N) is 1. The molecule has 0 bridgehead atoms. The summed E-state index contributed by atoms with van der Waals surface area (Å²) in [6.45, 7) is 1.23. The Balaban J connectivity index is 2.06. The summed E-state index contributed by atoms with van der Waals surface area (Å²) in [4.78, 5) is 0. The zero-order valence-corrected chi connectivity index (χ0v) is 7.61. The van der Waals surface area contributed by atoms with Crippen LogP contribution in [0, 0.1) is 5.92 Å². The molecule has 76 valence electrons. The average molecular weight is 187 g/mol. The number of hydrogen-bond acceptors (Lipinski definition) is 4. The molecule has 13 heavy (non-hydrogen) atoms. The lowest BCUT2D eigenvalue weighted by atomic mass is 10.1. The van der Waals surface area contributed by atoms with E-state index in [4.69, 9.17) is 10.9 Å². The van der Waals surface area contributed by atoms with Crippen LogP contribution in [0.5, 0.6) is 0 Å². The number of aliphatic hydroxyl groups excluding tert-OH is 1. The molecule has 2 atom stereocenters. The van der Waals surface area contributed by atoms with Crippen molar-refractivity contribution in [3.63, 3.8) is 0 Å². The summed E-state index contributed by atoms with van der Waals surface area (Å²) in [5, 5.41) is 23.4. The third kappa shape index (κ3) is 3.61. The average Bonchev–Trinajstić information content (AvgIpc) is 2.51. The van der Waals surface area contributed by atoms with Gasteiger partial charge in [-0.15, -0.1) is 0 Å². The van der Waals surface area contributed by atoms with E-state index in [9.17, 15) is 5.11 Å². The maximum Gasteiger partial charge on any atom is 0.153 e. The summed E-state index contributed by atoms with van der Waals surface area (Å²) in [6.07, 6.45) is 2.69. The quantitative estimate of drug-likeness (QED) is 0.206. The van der Waals surface area contributed by atoms with Crippen LogP contribution in [0.4, 0.5) is 0 Å². The molecule has 0 saturated heterocycles. The highest BCUT2D eigenvalue weighted by molar-refractivity contribution is 5.81. The third-order valence-electron chi connectivity index (χ3n) is 2.38. The van der Waals surface area contributed by atoms with Crippen molar-refractivity contribution in [3.05, 3.63) is 0 Å². The van der Waals surface area contributed by atoms with Crippen LogP contribution in [0.25, 0.3) is 0 Å². The third-order valence-corrected chi connectivity index (χ3v) is 2.38. The Morgan fingerprint density at radius 3 is 2.85 bits per heavy atom. The molecule has 1 aliphatic rings. The Bertz CT molecular complexity index is 184. The van der Waals surface area contributed by atoms with Gasteiger partial charge < -0.3 is 21.4 Å². The lowest BCUT2D eigenvalue weighted by Gasteiger charge is -2.09. The monoisotopic (exact) mass is 187 g/mol. The Morgan fingerprint density at radius 2 is 2.31 bits per heavy atom. The van der Waals surface area contributed by atoms with Gasteiger partial charge in [0.1, 0.15) is 0 Å². The fourth-order valence-electron chi connectivity index (χ4n) is 1.67. The van der Waals surface area contributed by atoms with Crippen LogP contribution in [0.2, 0.25) is 0 Å². The second kappa shape index (κ2) is 5.04. The van der Waals surface area contributed by atoms with Gasteiger partial charge in [-0.25, -0.2) is 0 Å². The standard InChI is InChI=1S/C8H17N3O2/c9-8(11-13)5-10-4-6-1-2-7(12)3-6/h6-7,10,12-13H,1-5H2,(H2,9,11). The van der Waals surface area contributed by atoms with Gasteiger partial charge in [-0.1, -0.05) is 5.16 Å². The molecule has 0 aromatic heterocycles. The van der Waals surface area contributed by atoms with Crippen molar-refractivity contribution in [2.75, 3.05) is 13.1 Å². The minimum Gasteiger partial charge on any atom is -0.409 e. The fourth-order valence-corrected chi connectivity index (χ4v) is 1.67. The molecule has 5 nitrogen and oxygen atoms in total. The minimum absolute atomic E-state index is 0.129. The number of nitrogens with zero attached hydrogens (tertiary/aromatic N) is 1. The molecule has 2 unspecified atom stereocenters. The molecule has 5 heteroatoms. The highest BCUT2D eigenvalue weighted by Crippen LogP contribution is 2.24. The van der Waals surface area contributed by atoms with Gasteiger partial charge in [0.15, 0.2) is 5.84 Å². The van der Waals surface area contributed by atoms with Gasteiger partial charge >= 0.3 is 0 Å². The number of aliphatic hydroxyl groups is 1. The molecule has 0 radical (unpaired) electrons. The van der Waals surface area contributed by atoms with Crippen molar-refractivity contribution >= 4 is 5.84 Å². The second-order valence-electron chi connectivity index (χ2n) is 3.56. The van der Waals surface area contributed by atoms with E-state index in [-0.39, 0.29) is 11.9 Å². The van der Waals surface area contributed by atoms with Gasteiger partial charge in [-0.05, 0) is 31.7 Å². The van der Waals surface area contributed by atoms with Gasteiger partial charge in [-0.2, -0.15) is 0 Å². The Kier molecular flexibility index (Phi) is 3.98. The van der Waals surface area contributed by atoms with E-state index in [0.717, 1.165) is 25.8 Å². The lowest BCUT2D eigenvalue weighted by Crippen LogP contribution is -2.32. The predicted molar refractivity (Wildman–Crippen MR) is 49.6 cm³/mol. The van der Waals surface area contributed by atoms with Crippen LogP contribution in [0.3, 0.4) is 0 Å². The normalized spacial score (nSPS) is 29.5. The van der Waals surface area contributed by atoms with Gasteiger partial charge in [0.05, 0.1) is 12.6 Å². The second-order valence-corrected chi connectivity index (χ2v) is 3.56. The van der Waals surface area contributed by atoms with Gasteiger partial charge in [0.25, 0.3) is 0 Å². The first-order valence-electron chi connectivity index (χ1n) is 4.57. The highest BCUT2D eigenvalue weighted by atomic mass is 16.4. The van der Waals surface area contributed by atoms with Crippen LogP contribution in [0.15, 0.2) is 5.16 Å². The number of nitrogens with two attached hydrogens (primary N) is 1. The summed E-state index contributed by atoms with van der Waals surface area (Å²) in [6, 6.07) is 0. The smallest absolute Gasteiger partial charge is 0.153 e. The first-order chi connectivity index (χ1) is 6.22. The number of oxime groups is 1. The molecule has 0 aromatic rings. The van der Waals surface area contributed by atoms with Crippen LogP contribution in [-0.4, -0.2) is 35.3 Å². The fraction of sp³-hybridized carbons (Fsp3) is 0.875. The summed E-state index contributed by atoms with van der Waals surface area (Å²) in [5.74, 6) is 0.722. The van der Waals surface area contributed by atoms with Crippen molar-refractivity contribution in [1.29, 1.82) is 0 Å². The van der Waals surface area contributed by atoms with Crippen LogP contribution in [0.1, 0.15) is 19.3 Å². The summed E-state index contributed by atoms with van der Waals surface area (Å²) in [7, 11) is 0. The van der Waals surface area contributed by atoms with Crippen molar-refractivity contribution < 1.29 is 10.3 Å². The van der Waals surface area contributed by atoms with Gasteiger partial charge in [0.2, 0.25) is 0 Å². The van der Waals surface area contributed by atoms with E-state index in [1.54, 1.807) is 0 Å². The maximum absolute atomic E-state index is 9.24. The van der Waals surface area contributed by atoms with E-state index in [1.165, 1.54) is 0 Å². The lowest BCUT2D eigenvalue weighted by molar-refractivity contribution is 0.177. The van der Waals surface area contributed by atoms with E-state index < -0.39 is 0 Å². The van der Waals surface area contributed by atoms with Crippen LogP contribution in [-0.2, 0) is 0 Å². The molecule has 1 aliphatic carbocycles. The van der Waals surface area contributed by atoms with Crippen LogP contribution >= 0.6 is 0 Å². The van der Waals surface area contributed by atoms with E-state index in [0.29, 0.717) is 12.5 Å². The van der Waals surface area contributed by atoms with E-state index >= 15 is 0 Å². The zero-order chi connectivity index (χ0) is 9.68. The first-order valence-corrected chi connectivity index (χ1v) is 4.57. The Hall–Kier alpha value is -0.810. The van der Waals surface area contributed by atoms with E-state index in [2.05, 4.69) is 10.5 Å². The molecule has 0 aromatic carbocycles. The summed E-state index contributed by atoms with van der Waals surface area (Å²) >= 11 is 0. The molecule has 5 N–H and O–H groups in total. The molecule has 0 spiro atoms. The number of hydrogen-bond donors (Lipinski definition) is 4. The van der Waals surface area contributed by atoms with Crippen molar-refractivity contribution in [2.24, 2.45) is 16.8 Å². The highest BCUT2D eigenvalue weighted by Gasteiger charge is 2.21. The largest absolute Gasteiger partial charge is 0.409 e. The zero-order valence-electron chi connectivity index (χ0n) is 7.61. The van der Waals surface area contributed by atoms with Crippen LogP contribution < -0.4 is 11.1 Å². The van der Waals surface area contributed by atoms with Gasteiger partial charge in [-0.3, -0.25) is 0 Å². The maximum atomic E-state index is 9.24. The minimum atomic E-state index is -0.129. The molecule has 1 fully saturated rings. The first kappa shape index (κ1) is 10.3. The molecule has 1 rings (SSSR count). The predicted octanol–water partition coefficient (Wildman–Crippen LogP) is -0.517. The molecule has 0 amide bonds. The van der Waals surface area contributed by atoms with Gasteiger partial charge in [0, 0.05) is 0 Å². The van der Waals surface area contributed by atoms with E-state index in [1.807, 2.05) is 0 Å². The molecule has 0 aliphatic heterocycles. The molecule has 0 heterocycles. The topological polar surface area (TPSA) is 90.9 Å². The number of rotatable bonds is 4. The van der Waals surface area contributed by atoms with Crippen molar-refractivity contribution in [2.45, 2.75) is 25.4 Å². The molecular formula is C8H17N3O2. The molecular weight excluding hydrogens is 170 g/mol. The van der Waals surface area contributed by atoms with Crippen molar-refractivity contribution in [3.8, 4) is 0 Å². The summed E-state index contributed by atoms with van der Waals surface area (Å²) < 4.78 is 0. The Morgan fingerprint density at radius 1 is 1.54 bits per heavy atom. The van der Waals surface area contributed by atoms with Crippen molar-refractivity contribution in [1.82, 2.24) is 5.32 Å². The summed E-state index contributed by atoms with van der Waals surface area (Å²) in [5.41, 5.74) is 5.27. The Labute approximate surface area is 77.6 Å². The molecule has 1 saturated carbocycles. The number of amidine groups is 1. The SMILES string of the molecule is NC(CNCC1CCC(O)C1)=NO.